The number of benzene rings is 1. The molecule has 27 heavy (non-hydrogen) atoms. The first-order chi connectivity index (χ1) is 13.2. The molecule has 1 aliphatic rings. The molecule has 0 aliphatic carbocycles. The van der Waals surface area contributed by atoms with Gasteiger partial charge in [-0.3, -0.25) is 14.6 Å². The summed E-state index contributed by atoms with van der Waals surface area (Å²) in [5, 5.41) is 7.70. The Hall–Kier alpha value is -2.60. The second kappa shape index (κ2) is 9.92. The van der Waals surface area contributed by atoms with Crippen LogP contribution in [0, 0.1) is 0 Å². The number of piperazine rings is 1. The topological polar surface area (TPSA) is 48.7 Å². The second-order valence-corrected chi connectivity index (χ2v) is 6.85. The maximum absolute atomic E-state index is 4.45. The van der Waals surface area contributed by atoms with Crippen molar-refractivity contribution in [1.29, 1.82) is 0 Å². The highest BCUT2D eigenvalue weighted by Crippen LogP contribution is 2.05. The van der Waals surface area contributed by atoms with Gasteiger partial charge in [0.2, 0.25) is 0 Å². The van der Waals surface area contributed by atoms with Crippen molar-refractivity contribution in [3.05, 3.63) is 59.9 Å². The molecule has 1 fully saturated rings. The van der Waals surface area contributed by atoms with Crippen LogP contribution in [0.15, 0.2) is 53.8 Å². The Morgan fingerprint density at radius 3 is 2.63 bits per heavy atom. The van der Waals surface area contributed by atoms with Crippen LogP contribution in [-0.2, 0) is 13.5 Å². The Morgan fingerprint density at radius 2 is 1.96 bits per heavy atom. The molecule has 1 saturated heterocycles. The van der Waals surface area contributed by atoms with Crippen LogP contribution in [0.5, 0.6) is 0 Å². The summed E-state index contributed by atoms with van der Waals surface area (Å²) in [5.74, 6) is 0.998. The third kappa shape index (κ3) is 5.96. The lowest BCUT2D eigenvalue weighted by Gasteiger charge is -2.36. The van der Waals surface area contributed by atoms with Crippen LogP contribution in [0.1, 0.15) is 11.1 Å². The third-order valence-electron chi connectivity index (χ3n) is 4.81. The Kier molecular flexibility index (Phi) is 7.04. The van der Waals surface area contributed by atoms with Crippen LogP contribution in [0.25, 0.3) is 6.08 Å². The zero-order chi connectivity index (χ0) is 18.9. The van der Waals surface area contributed by atoms with Crippen molar-refractivity contribution >= 4 is 12.0 Å². The van der Waals surface area contributed by atoms with Gasteiger partial charge in [-0.05, 0) is 17.5 Å². The van der Waals surface area contributed by atoms with Crippen LogP contribution in [0.4, 0.5) is 0 Å². The molecule has 0 bridgehead atoms. The summed E-state index contributed by atoms with van der Waals surface area (Å²) >= 11 is 0. The summed E-state index contributed by atoms with van der Waals surface area (Å²) in [6.45, 7) is 6.00. The molecule has 0 amide bonds. The number of rotatable bonds is 6. The molecule has 1 aromatic heterocycles. The molecule has 0 unspecified atom stereocenters. The number of nitrogens with zero attached hydrogens (tertiary/aromatic N) is 5. The van der Waals surface area contributed by atoms with E-state index in [4.69, 9.17) is 0 Å². The summed E-state index contributed by atoms with van der Waals surface area (Å²) in [6.07, 6.45) is 9.40. The maximum atomic E-state index is 4.45. The number of hydrogen-bond donors (Lipinski definition) is 1. The van der Waals surface area contributed by atoms with E-state index in [-0.39, 0.29) is 0 Å². The molecular weight excluding hydrogens is 336 g/mol. The summed E-state index contributed by atoms with van der Waals surface area (Å²) in [6, 6.07) is 10.5. The van der Waals surface area contributed by atoms with Crippen molar-refractivity contribution < 1.29 is 0 Å². The first kappa shape index (κ1) is 19.2. The van der Waals surface area contributed by atoms with Gasteiger partial charge in [0.15, 0.2) is 5.96 Å². The fraction of sp³-hybridized carbons (Fsp3) is 0.429. The molecular formula is C21H30N6. The highest BCUT2D eigenvalue weighted by molar-refractivity contribution is 5.80. The van der Waals surface area contributed by atoms with Gasteiger partial charge in [0.05, 0.1) is 6.20 Å². The van der Waals surface area contributed by atoms with Crippen LogP contribution >= 0.6 is 0 Å². The van der Waals surface area contributed by atoms with Crippen molar-refractivity contribution in [2.24, 2.45) is 12.0 Å². The summed E-state index contributed by atoms with van der Waals surface area (Å²) in [7, 11) is 3.81. The zero-order valence-corrected chi connectivity index (χ0v) is 16.4. The molecule has 3 rings (SSSR count). The Bertz CT molecular complexity index is 741. The van der Waals surface area contributed by atoms with Gasteiger partial charge < -0.3 is 10.2 Å². The lowest BCUT2D eigenvalue weighted by molar-refractivity contribution is 0.194. The van der Waals surface area contributed by atoms with Crippen LogP contribution in [-0.4, -0.2) is 71.9 Å². The van der Waals surface area contributed by atoms with E-state index < -0.39 is 0 Å². The predicted molar refractivity (Wildman–Crippen MR) is 112 cm³/mol. The van der Waals surface area contributed by atoms with Crippen LogP contribution in [0.3, 0.4) is 0 Å². The van der Waals surface area contributed by atoms with E-state index in [9.17, 15) is 0 Å². The van der Waals surface area contributed by atoms with Gasteiger partial charge in [0.1, 0.15) is 0 Å². The average Bonchev–Trinajstić information content (AvgIpc) is 3.12. The predicted octanol–water partition coefficient (Wildman–Crippen LogP) is 1.87. The van der Waals surface area contributed by atoms with Crippen LogP contribution < -0.4 is 5.32 Å². The lowest BCUT2D eigenvalue weighted by atomic mass is 10.2. The van der Waals surface area contributed by atoms with Crippen LogP contribution in [0.2, 0.25) is 0 Å². The quantitative estimate of drug-likeness (QED) is 0.626. The Labute approximate surface area is 162 Å². The van der Waals surface area contributed by atoms with E-state index in [2.05, 4.69) is 67.8 Å². The molecule has 2 heterocycles. The van der Waals surface area contributed by atoms with E-state index in [1.165, 1.54) is 11.1 Å². The van der Waals surface area contributed by atoms with Gasteiger partial charge in [-0.2, -0.15) is 5.10 Å². The smallest absolute Gasteiger partial charge is 0.193 e. The van der Waals surface area contributed by atoms with Gasteiger partial charge in [-0.1, -0.05) is 42.5 Å². The molecule has 0 radical (unpaired) electrons. The van der Waals surface area contributed by atoms with Gasteiger partial charge in [-0.25, -0.2) is 0 Å². The molecule has 2 aromatic rings. The average molecular weight is 367 g/mol. The first-order valence-electron chi connectivity index (χ1n) is 9.61. The maximum Gasteiger partial charge on any atom is 0.193 e. The van der Waals surface area contributed by atoms with Gasteiger partial charge in [-0.15, -0.1) is 0 Å². The van der Waals surface area contributed by atoms with Crippen molar-refractivity contribution in [3.8, 4) is 0 Å². The number of aliphatic imine (C=N–C) groups is 1. The van der Waals surface area contributed by atoms with E-state index in [0.717, 1.165) is 51.6 Å². The van der Waals surface area contributed by atoms with E-state index in [1.54, 1.807) is 0 Å². The molecule has 1 aliphatic heterocycles. The minimum absolute atomic E-state index is 0.873. The number of hydrogen-bond acceptors (Lipinski definition) is 3. The fourth-order valence-corrected chi connectivity index (χ4v) is 3.30. The molecule has 6 nitrogen and oxygen atoms in total. The minimum Gasteiger partial charge on any atom is -0.356 e. The molecule has 0 spiro atoms. The fourth-order valence-electron chi connectivity index (χ4n) is 3.30. The summed E-state index contributed by atoms with van der Waals surface area (Å²) < 4.78 is 1.84. The van der Waals surface area contributed by atoms with E-state index in [0.29, 0.717) is 0 Å². The minimum atomic E-state index is 0.873. The summed E-state index contributed by atoms with van der Waals surface area (Å²) in [5.41, 5.74) is 2.50. The molecule has 0 atom stereocenters. The van der Waals surface area contributed by atoms with Crippen molar-refractivity contribution in [1.82, 2.24) is 24.9 Å². The first-order valence-corrected chi connectivity index (χ1v) is 9.61. The zero-order valence-electron chi connectivity index (χ0n) is 16.4. The van der Waals surface area contributed by atoms with Crippen molar-refractivity contribution in [3.63, 3.8) is 0 Å². The van der Waals surface area contributed by atoms with E-state index >= 15 is 0 Å². The van der Waals surface area contributed by atoms with Crippen molar-refractivity contribution in [2.45, 2.75) is 6.42 Å². The molecule has 1 aromatic carbocycles. The number of aromatic nitrogens is 2. The summed E-state index contributed by atoms with van der Waals surface area (Å²) in [4.78, 5) is 9.29. The largest absolute Gasteiger partial charge is 0.356 e. The standard InChI is InChI=1S/C21H30N6/c1-22-21(23-11-10-20-17-24-25(2)18-20)27-15-13-26(14-16-27)12-6-9-19-7-4-3-5-8-19/h3-9,17-18H,10-16H2,1-2H3,(H,22,23)/b9-6+. The Morgan fingerprint density at radius 1 is 1.19 bits per heavy atom. The second-order valence-electron chi connectivity index (χ2n) is 6.85. The number of guanidine groups is 1. The van der Waals surface area contributed by atoms with Crippen molar-refractivity contribution in [2.75, 3.05) is 46.3 Å². The molecule has 144 valence electrons. The Balaban J connectivity index is 1.38. The van der Waals surface area contributed by atoms with Gasteiger partial charge in [0, 0.05) is 59.6 Å². The monoisotopic (exact) mass is 366 g/mol. The molecule has 1 N–H and O–H groups in total. The molecule has 0 saturated carbocycles. The SMILES string of the molecule is CN=C(NCCc1cnn(C)c1)N1CCN(C/C=C/c2ccccc2)CC1. The highest BCUT2D eigenvalue weighted by atomic mass is 15.3. The third-order valence-corrected chi connectivity index (χ3v) is 4.81. The normalized spacial score (nSPS) is 16.2. The molecule has 6 heteroatoms. The number of aryl methyl sites for hydroxylation is 1. The van der Waals surface area contributed by atoms with Gasteiger partial charge in [0.25, 0.3) is 0 Å². The lowest BCUT2D eigenvalue weighted by Crippen LogP contribution is -2.52. The highest BCUT2D eigenvalue weighted by Gasteiger charge is 2.18. The number of nitrogens with one attached hydrogen (secondary N) is 1. The van der Waals surface area contributed by atoms with E-state index in [1.807, 2.05) is 31.0 Å². The van der Waals surface area contributed by atoms with Gasteiger partial charge >= 0.3 is 0 Å².